The fourth-order valence-corrected chi connectivity index (χ4v) is 4.23. The molecule has 0 fully saturated rings. The number of allylic oxidation sites excluding steroid dienone is 2. The fourth-order valence-electron chi connectivity index (χ4n) is 4.23. The van der Waals surface area contributed by atoms with Crippen molar-refractivity contribution in [2.75, 3.05) is 9.80 Å². The van der Waals surface area contributed by atoms with Crippen molar-refractivity contribution in [2.45, 2.75) is 33.6 Å². The van der Waals surface area contributed by atoms with Crippen LogP contribution in [0.3, 0.4) is 0 Å². The zero-order chi connectivity index (χ0) is 19.0. The van der Waals surface area contributed by atoms with Gasteiger partial charge in [-0.1, -0.05) is 61.1 Å². The van der Waals surface area contributed by atoms with E-state index in [2.05, 4.69) is 104 Å². The summed E-state index contributed by atoms with van der Waals surface area (Å²) in [7, 11) is 0. The maximum absolute atomic E-state index is 2.35. The SMILES string of the molecule is C1=CN2c3ccccc3[N+]3=CC=CN4c5ccccc5[N+](=C1)C423.CC.CC. The molecule has 27 heavy (non-hydrogen) atoms. The number of anilines is 2. The van der Waals surface area contributed by atoms with Gasteiger partial charge < -0.3 is 0 Å². The summed E-state index contributed by atoms with van der Waals surface area (Å²) in [5.41, 5.74) is 4.89. The van der Waals surface area contributed by atoms with Crippen LogP contribution in [0.5, 0.6) is 0 Å². The molecule has 4 nitrogen and oxygen atoms in total. The fraction of sp³-hybridized carbons (Fsp3) is 0.217. The lowest BCUT2D eigenvalue weighted by Gasteiger charge is -2.32. The van der Waals surface area contributed by atoms with Crippen LogP contribution in [0.2, 0.25) is 0 Å². The summed E-state index contributed by atoms with van der Waals surface area (Å²) in [6.45, 7) is 8.00. The first-order chi connectivity index (χ1) is 13.4. The van der Waals surface area contributed by atoms with Crippen LogP contribution in [0.25, 0.3) is 0 Å². The molecule has 4 heterocycles. The molecule has 0 aliphatic carbocycles. The molecule has 4 aliphatic heterocycles. The summed E-state index contributed by atoms with van der Waals surface area (Å²) in [4.78, 5) is 4.70. The monoisotopic (exact) mass is 358 g/mol. The molecule has 1 spiro atoms. The lowest BCUT2D eigenvalue weighted by Crippen LogP contribution is -2.66. The highest BCUT2D eigenvalue weighted by atomic mass is 15.7. The minimum Gasteiger partial charge on any atom is -0.199 e. The molecule has 0 aromatic heterocycles. The van der Waals surface area contributed by atoms with Crippen LogP contribution in [0, 0.1) is 0 Å². The third kappa shape index (κ3) is 1.98. The van der Waals surface area contributed by atoms with E-state index in [-0.39, 0.29) is 0 Å². The van der Waals surface area contributed by atoms with Gasteiger partial charge in [-0.15, -0.1) is 0 Å². The van der Waals surface area contributed by atoms with Gasteiger partial charge in [0.05, 0.1) is 0 Å². The van der Waals surface area contributed by atoms with Crippen molar-refractivity contribution in [3.05, 3.63) is 73.1 Å². The van der Waals surface area contributed by atoms with Gasteiger partial charge in [-0.25, -0.2) is 0 Å². The molecule has 4 aliphatic rings. The highest BCUT2D eigenvalue weighted by Gasteiger charge is 2.74. The van der Waals surface area contributed by atoms with E-state index in [0.717, 1.165) is 0 Å². The summed E-state index contributed by atoms with van der Waals surface area (Å²) in [5.74, 6) is -0.420. The second-order valence-electron chi connectivity index (χ2n) is 6.04. The molecule has 136 valence electrons. The van der Waals surface area contributed by atoms with Gasteiger partial charge >= 0.3 is 5.91 Å². The zero-order valence-electron chi connectivity index (χ0n) is 16.4. The number of rotatable bonds is 0. The second-order valence-corrected chi connectivity index (χ2v) is 6.04. The predicted octanol–water partition coefficient (Wildman–Crippen LogP) is 5.17. The molecular formula is C23H26N4+2. The Bertz CT molecular complexity index is 915. The number of hydrogen-bond donors (Lipinski definition) is 0. The Morgan fingerprint density at radius 1 is 0.630 bits per heavy atom. The lowest BCUT2D eigenvalue weighted by atomic mass is 10.2. The average Bonchev–Trinajstić information content (AvgIpc) is 3.24. The molecular weight excluding hydrogens is 332 g/mol. The molecule has 2 aromatic carbocycles. The number of fused-ring (bicyclic) bond motifs is 6. The van der Waals surface area contributed by atoms with E-state index >= 15 is 0 Å². The third-order valence-electron chi connectivity index (χ3n) is 5.03. The summed E-state index contributed by atoms with van der Waals surface area (Å²) >= 11 is 0. The Balaban J connectivity index is 0.000000425. The molecule has 0 saturated heterocycles. The van der Waals surface area contributed by atoms with Crippen molar-refractivity contribution in [2.24, 2.45) is 0 Å². The molecule has 0 radical (unpaired) electrons. The van der Waals surface area contributed by atoms with Crippen molar-refractivity contribution in [1.29, 1.82) is 0 Å². The van der Waals surface area contributed by atoms with Gasteiger partial charge in [0.25, 0.3) is 0 Å². The Morgan fingerprint density at radius 3 is 1.48 bits per heavy atom. The number of para-hydroxylation sites is 4. The molecule has 6 rings (SSSR count). The van der Waals surface area contributed by atoms with Gasteiger partial charge in [-0.3, -0.25) is 0 Å². The molecule has 0 bridgehead atoms. The topological polar surface area (TPSA) is 12.5 Å². The summed E-state index contributed by atoms with van der Waals surface area (Å²) < 4.78 is 4.70. The van der Waals surface area contributed by atoms with Gasteiger partial charge in [0, 0.05) is 36.7 Å². The highest BCUT2D eigenvalue weighted by Crippen LogP contribution is 2.55. The van der Waals surface area contributed by atoms with Crippen LogP contribution < -0.4 is 9.80 Å². The largest absolute Gasteiger partial charge is 0.552 e. The first kappa shape index (κ1) is 17.3. The second kappa shape index (κ2) is 6.54. The molecule has 0 unspecified atom stereocenters. The first-order valence-electron chi connectivity index (χ1n) is 9.81. The number of hydrogen-bond acceptors (Lipinski definition) is 2. The van der Waals surface area contributed by atoms with Gasteiger partial charge in [0.15, 0.2) is 12.4 Å². The van der Waals surface area contributed by atoms with Crippen LogP contribution in [0.4, 0.5) is 22.7 Å². The van der Waals surface area contributed by atoms with Gasteiger partial charge in [0.1, 0.15) is 11.4 Å². The predicted molar refractivity (Wildman–Crippen MR) is 114 cm³/mol. The maximum Gasteiger partial charge on any atom is 0.552 e. The van der Waals surface area contributed by atoms with Crippen molar-refractivity contribution in [1.82, 2.24) is 0 Å². The normalized spacial score (nSPS) is 17.9. The third-order valence-corrected chi connectivity index (χ3v) is 5.03. The van der Waals surface area contributed by atoms with E-state index < -0.39 is 5.91 Å². The van der Waals surface area contributed by atoms with E-state index in [1.54, 1.807) is 0 Å². The molecule has 0 saturated carbocycles. The summed E-state index contributed by atoms with van der Waals surface area (Å²) in [6, 6.07) is 17.1. The quantitative estimate of drug-likeness (QED) is 0.602. The minimum atomic E-state index is -0.420. The van der Waals surface area contributed by atoms with Crippen molar-refractivity contribution in [3.63, 3.8) is 0 Å². The van der Waals surface area contributed by atoms with Crippen molar-refractivity contribution in [3.8, 4) is 0 Å². The van der Waals surface area contributed by atoms with Crippen LogP contribution >= 0.6 is 0 Å². The van der Waals surface area contributed by atoms with Gasteiger partial charge in [0.2, 0.25) is 11.4 Å². The Morgan fingerprint density at radius 2 is 1.04 bits per heavy atom. The van der Waals surface area contributed by atoms with E-state index in [1.165, 1.54) is 22.7 Å². The standard InChI is InChI=1S/C19H14N4.2C2H6/c1-2-8-16-15(7-1)20-11-5-13-22-17-9-3-4-10-18(17)23-14-6-12-21(16)19(20,22)23;2*1-2/h1-14H;2*1-2H3/q+2;;. The van der Waals surface area contributed by atoms with Crippen molar-refractivity contribution < 1.29 is 9.15 Å². The van der Waals surface area contributed by atoms with E-state index in [0.29, 0.717) is 0 Å². The molecule has 2 aromatic rings. The number of benzene rings is 2. The Kier molecular flexibility index (Phi) is 4.19. The summed E-state index contributed by atoms with van der Waals surface area (Å²) in [6.07, 6.45) is 12.9. The van der Waals surface area contributed by atoms with E-state index in [1.807, 2.05) is 27.7 Å². The molecule has 4 heteroatoms. The Labute approximate surface area is 161 Å². The summed E-state index contributed by atoms with van der Waals surface area (Å²) in [5, 5.41) is 0. The zero-order valence-corrected chi connectivity index (χ0v) is 16.4. The van der Waals surface area contributed by atoms with Crippen LogP contribution in [-0.4, -0.2) is 27.5 Å². The van der Waals surface area contributed by atoms with Crippen LogP contribution in [0.15, 0.2) is 73.1 Å². The smallest absolute Gasteiger partial charge is 0.199 e. The molecule has 0 amide bonds. The maximum atomic E-state index is 2.35. The molecule has 0 N–H and O–H groups in total. The lowest BCUT2D eigenvalue weighted by molar-refractivity contribution is -0.743. The number of nitrogens with zero attached hydrogens (tertiary/aromatic N) is 4. The van der Waals surface area contributed by atoms with Crippen LogP contribution in [0.1, 0.15) is 27.7 Å². The van der Waals surface area contributed by atoms with Crippen LogP contribution in [-0.2, 0) is 0 Å². The molecule has 0 atom stereocenters. The average molecular weight is 358 g/mol. The van der Waals surface area contributed by atoms with E-state index in [4.69, 9.17) is 0 Å². The van der Waals surface area contributed by atoms with E-state index in [9.17, 15) is 0 Å². The van der Waals surface area contributed by atoms with Gasteiger partial charge in [-0.2, -0.15) is 9.80 Å². The Hall–Kier alpha value is -3.14. The highest BCUT2D eigenvalue weighted by molar-refractivity contribution is 5.86. The van der Waals surface area contributed by atoms with Crippen molar-refractivity contribution >= 4 is 35.2 Å². The minimum absolute atomic E-state index is 0.420. The first-order valence-corrected chi connectivity index (χ1v) is 9.81. The van der Waals surface area contributed by atoms with Gasteiger partial charge in [-0.05, 0) is 12.1 Å².